The Morgan fingerprint density at radius 2 is 2.29 bits per heavy atom. The van der Waals surface area contributed by atoms with E-state index < -0.39 is 0 Å². The number of ether oxygens (including phenoxy) is 1. The molecule has 1 N–H and O–H groups in total. The molecule has 1 unspecified atom stereocenters. The molecule has 0 amide bonds. The fourth-order valence-electron chi connectivity index (χ4n) is 2.10. The normalized spacial score (nSPS) is 23.9. The van der Waals surface area contributed by atoms with E-state index in [1.807, 2.05) is 13.0 Å². The minimum atomic E-state index is -0.297. The summed E-state index contributed by atoms with van der Waals surface area (Å²) < 4.78 is 5.79. The van der Waals surface area contributed by atoms with E-state index >= 15 is 0 Å². The summed E-state index contributed by atoms with van der Waals surface area (Å²) in [5.74, 6) is 1.72. The lowest BCUT2D eigenvalue weighted by Crippen LogP contribution is -2.24. The van der Waals surface area contributed by atoms with Crippen LogP contribution in [0.1, 0.15) is 44.6 Å². The van der Waals surface area contributed by atoms with Gasteiger partial charge in [-0.3, -0.25) is 0 Å². The number of rotatable bonds is 4. The molecule has 0 saturated carbocycles. The molecule has 4 nitrogen and oxygen atoms in total. The second kappa shape index (κ2) is 5.00. The molecule has 0 bridgehead atoms. The number of hydrogen-bond acceptors (Lipinski definition) is 4. The maximum Gasteiger partial charge on any atom is 0.162 e. The first-order valence-electron chi connectivity index (χ1n) is 6.38. The van der Waals surface area contributed by atoms with Gasteiger partial charge in [0.05, 0.1) is 0 Å². The summed E-state index contributed by atoms with van der Waals surface area (Å²) in [7, 11) is 0. The zero-order chi connectivity index (χ0) is 12.3. The third kappa shape index (κ3) is 2.75. The van der Waals surface area contributed by atoms with Gasteiger partial charge in [-0.05, 0) is 33.1 Å². The number of aryl methyl sites for hydroxylation is 1. The predicted octanol–water partition coefficient (Wildman–Crippen LogP) is 2.63. The Labute approximate surface area is 103 Å². The standard InChI is InChI=1S/C13H21N3O/c1-4-7-14-11-9-10(2)15-12(16-11)13(3)6-5-8-17-13/h9H,4-8H2,1-3H3,(H,14,15,16). The molecule has 1 atom stereocenters. The van der Waals surface area contributed by atoms with Gasteiger partial charge in [0.1, 0.15) is 11.4 Å². The highest BCUT2D eigenvalue weighted by atomic mass is 16.5. The Morgan fingerprint density at radius 1 is 1.47 bits per heavy atom. The average molecular weight is 235 g/mol. The van der Waals surface area contributed by atoms with E-state index in [4.69, 9.17) is 4.74 Å². The fourth-order valence-corrected chi connectivity index (χ4v) is 2.10. The highest BCUT2D eigenvalue weighted by Crippen LogP contribution is 2.33. The molecule has 1 saturated heterocycles. The van der Waals surface area contributed by atoms with Crippen LogP contribution in [-0.2, 0) is 10.3 Å². The molecule has 2 rings (SSSR count). The average Bonchev–Trinajstić information content (AvgIpc) is 2.74. The Hall–Kier alpha value is -1.16. The van der Waals surface area contributed by atoms with E-state index in [0.717, 1.165) is 49.8 Å². The number of hydrogen-bond donors (Lipinski definition) is 1. The van der Waals surface area contributed by atoms with Crippen molar-refractivity contribution in [3.8, 4) is 0 Å². The fraction of sp³-hybridized carbons (Fsp3) is 0.692. The van der Waals surface area contributed by atoms with Gasteiger partial charge in [-0.2, -0.15) is 0 Å². The summed E-state index contributed by atoms with van der Waals surface area (Å²) in [6.07, 6.45) is 3.18. The van der Waals surface area contributed by atoms with Crippen LogP contribution in [0.4, 0.5) is 5.82 Å². The molecule has 94 valence electrons. The third-order valence-electron chi connectivity index (χ3n) is 3.10. The molecule has 0 radical (unpaired) electrons. The van der Waals surface area contributed by atoms with E-state index in [0.29, 0.717) is 0 Å². The zero-order valence-electron chi connectivity index (χ0n) is 10.9. The summed E-state index contributed by atoms with van der Waals surface area (Å²) in [6, 6.07) is 1.98. The first-order chi connectivity index (χ1) is 8.14. The van der Waals surface area contributed by atoms with Gasteiger partial charge in [-0.15, -0.1) is 0 Å². The predicted molar refractivity (Wildman–Crippen MR) is 68.1 cm³/mol. The van der Waals surface area contributed by atoms with Crippen LogP contribution in [0.3, 0.4) is 0 Å². The number of aromatic nitrogens is 2. The van der Waals surface area contributed by atoms with Gasteiger partial charge < -0.3 is 10.1 Å². The van der Waals surface area contributed by atoms with Crippen LogP contribution < -0.4 is 5.32 Å². The monoisotopic (exact) mass is 235 g/mol. The van der Waals surface area contributed by atoms with E-state index in [2.05, 4.69) is 29.1 Å². The van der Waals surface area contributed by atoms with Gasteiger partial charge in [0.2, 0.25) is 0 Å². The molecular weight excluding hydrogens is 214 g/mol. The molecule has 0 aromatic carbocycles. The van der Waals surface area contributed by atoms with Gasteiger partial charge in [-0.25, -0.2) is 9.97 Å². The maximum absolute atomic E-state index is 5.79. The lowest BCUT2D eigenvalue weighted by molar-refractivity contribution is 0.00931. The first-order valence-corrected chi connectivity index (χ1v) is 6.38. The first kappa shape index (κ1) is 12.3. The molecule has 2 heterocycles. The summed E-state index contributed by atoms with van der Waals surface area (Å²) >= 11 is 0. The largest absolute Gasteiger partial charge is 0.370 e. The smallest absolute Gasteiger partial charge is 0.162 e. The van der Waals surface area contributed by atoms with Crippen molar-refractivity contribution >= 4 is 5.82 Å². The van der Waals surface area contributed by atoms with Crippen molar-refractivity contribution < 1.29 is 4.74 Å². The Morgan fingerprint density at radius 3 is 2.94 bits per heavy atom. The maximum atomic E-state index is 5.79. The lowest BCUT2D eigenvalue weighted by atomic mass is 10.0. The second-order valence-corrected chi connectivity index (χ2v) is 4.83. The van der Waals surface area contributed by atoms with Gasteiger partial charge >= 0.3 is 0 Å². The number of nitrogens with zero attached hydrogens (tertiary/aromatic N) is 2. The van der Waals surface area contributed by atoms with E-state index in [-0.39, 0.29) is 5.60 Å². The van der Waals surface area contributed by atoms with Crippen molar-refractivity contribution in [2.75, 3.05) is 18.5 Å². The molecule has 1 aliphatic heterocycles. The van der Waals surface area contributed by atoms with Crippen molar-refractivity contribution in [1.29, 1.82) is 0 Å². The third-order valence-corrected chi connectivity index (χ3v) is 3.10. The summed E-state index contributed by atoms with van der Waals surface area (Å²) in [6.45, 7) is 7.97. The van der Waals surface area contributed by atoms with Crippen molar-refractivity contribution in [3.63, 3.8) is 0 Å². The van der Waals surface area contributed by atoms with E-state index in [1.165, 1.54) is 0 Å². The van der Waals surface area contributed by atoms with Crippen LogP contribution in [0.2, 0.25) is 0 Å². The van der Waals surface area contributed by atoms with Crippen LogP contribution in [-0.4, -0.2) is 23.1 Å². The van der Waals surface area contributed by atoms with Crippen LogP contribution in [0.25, 0.3) is 0 Å². The summed E-state index contributed by atoms with van der Waals surface area (Å²) in [5.41, 5.74) is 0.694. The van der Waals surface area contributed by atoms with Crippen molar-refractivity contribution in [1.82, 2.24) is 9.97 Å². The summed E-state index contributed by atoms with van der Waals surface area (Å²) in [4.78, 5) is 9.10. The highest BCUT2D eigenvalue weighted by Gasteiger charge is 2.35. The Balaban J connectivity index is 2.24. The van der Waals surface area contributed by atoms with Crippen molar-refractivity contribution in [2.24, 2.45) is 0 Å². The molecule has 4 heteroatoms. The van der Waals surface area contributed by atoms with Gasteiger partial charge in [0.25, 0.3) is 0 Å². The van der Waals surface area contributed by atoms with Crippen molar-refractivity contribution in [3.05, 3.63) is 17.6 Å². The van der Waals surface area contributed by atoms with Crippen LogP contribution in [0, 0.1) is 6.92 Å². The summed E-state index contributed by atoms with van der Waals surface area (Å²) in [5, 5.41) is 3.31. The minimum Gasteiger partial charge on any atom is -0.370 e. The topological polar surface area (TPSA) is 47.0 Å². The minimum absolute atomic E-state index is 0.297. The molecule has 0 aliphatic carbocycles. The highest BCUT2D eigenvalue weighted by molar-refractivity contribution is 5.36. The van der Waals surface area contributed by atoms with Crippen LogP contribution in [0.15, 0.2) is 6.07 Å². The number of anilines is 1. The SMILES string of the molecule is CCCNc1cc(C)nc(C2(C)CCCO2)n1. The molecule has 17 heavy (non-hydrogen) atoms. The van der Waals surface area contributed by atoms with E-state index in [1.54, 1.807) is 0 Å². The van der Waals surface area contributed by atoms with Crippen LogP contribution >= 0.6 is 0 Å². The van der Waals surface area contributed by atoms with Crippen LogP contribution in [0.5, 0.6) is 0 Å². The van der Waals surface area contributed by atoms with Gasteiger partial charge in [0.15, 0.2) is 5.82 Å². The van der Waals surface area contributed by atoms with Gasteiger partial charge in [-0.1, -0.05) is 6.92 Å². The Bertz CT molecular complexity index is 386. The lowest BCUT2D eigenvalue weighted by Gasteiger charge is -2.22. The van der Waals surface area contributed by atoms with Gasteiger partial charge in [0, 0.05) is 24.9 Å². The molecule has 1 fully saturated rings. The molecule has 1 aromatic heterocycles. The molecule has 1 aliphatic rings. The molecule has 0 spiro atoms. The van der Waals surface area contributed by atoms with Crippen molar-refractivity contribution in [2.45, 2.75) is 45.6 Å². The zero-order valence-corrected chi connectivity index (χ0v) is 10.9. The van der Waals surface area contributed by atoms with E-state index in [9.17, 15) is 0 Å². The number of nitrogens with one attached hydrogen (secondary N) is 1. The molecule has 1 aromatic rings. The Kier molecular flexibility index (Phi) is 3.62. The quantitative estimate of drug-likeness (QED) is 0.871. The molecular formula is C13H21N3O. The second-order valence-electron chi connectivity index (χ2n) is 4.83.